The molecule has 0 aromatic carbocycles. The Balaban J connectivity index is 2.42. The van der Waals surface area contributed by atoms with E-state index < -0.39 is 18.0 Å². The molecule has 0 bridgehead atoms. The number of carbonyl (C=O) groups is 3. The third-order valence-electron chi connectivity index (χ3n) is 2.65. The fraction of sp³-hybridized carbons (Fsp3) is 0.727. The van der Waals surface area contributed by atoms with E-state index in [1.165, 1.54) is 4.90 Å². The van der Waals surface area contributed by atoms with Crippen LogP contribution in [0.2, 0.25) is 0 Å². The van der Waals surface area contributed by atoms with Crippen molar-refractivity contribution in [2.24, 2.45) is 0 Å². The fourth-order valence-electron chi connectivity index (χ4n) is 1.64. The van der Waals surface area contributed by atoms with E-state index in [1.807, 2.05) is 6.92 Å². The smallest absolute Gasteiger partial charge is 0.328 e. The molecule has 1 aliphatic heterocycles. The quantitative estimate of drug-likeness (QED) is 0.596. The topological polar surface area (TPSA) is 108 Å². The number of urea groups is 1. The second kappa shape index (κ2) is 7.57. The van der Waals surface area contributed by atoms with Crippen LogP contribution in [-0.4, -0.2) is 66.8 Å². The normalized spacial score (nSPS) is 18.8. The van der Waals surface area contributed by atoms with Gasteiger partial charge in [-0.25, -0.2) is 9.59 Å². The zero-order valence-electron chi connectivity index (χ0n) is 10.8. The van der Waals surface area contributed by atoms with E-state index in [1.54, 1.807) is 0 Å². The SMILES string of the molecule is CCCNC(=O)CNC(=O)N1CCOCC1C(=O)O. The van der Waals surface area contributed by atoms with E-state index in [4.69, 9.17) is 9.84 Å². The number of amides is 3. The molecule has 0 radical (unpaired) electrons. The zero-order chi connectivity index (χ0) is 14.3. The highest BCUT2D eigenvalue weighted by molar-refractivity contribution is 5.86. The van der Waals surface area contributed by atoms with Crippen LogP contribution >= 0.6 is 0 Å². The summed E-state index contributed by atoms with van der Waals surface area (Å²) in [6, 6.07) is -1.57. The number of carbonyl (C=O) groups excluding carboxylic acids is 2. The zero-order valence-corrected chi connectivity index (χ0v) is 10.8. The molecule has 108 valence electrons. The van der Waals surface area contributed by atoms with Crippen molar-refractivity contribution < 1.29 is 24.2 Å². The first-order chi connectivity index (χ1) is 9.06. The van der Waals surface area contributed by atoms with Crippen molar-refractivity contribution in [1.82, 2.24) is 15.5 Å². The van der Waals surface area contributed by atoms with Gasteiger partial charge in [-0.05, 0) is 6.42 Å². The molecule has 1 atom stereocenters. The Morgan fingerprint density at radius 1 is 1.37 bits per heavy atom. The number of hydrogen-bond donors (Lipinski definition) is 3. The van der Waals surface area contributed by atoms with Gasteiger partial charge in [-0.2, -0.15) is 0 Å². The van der Waals surface area contributed by atoms with Crippen LogP contribution in [0.4, 0.5) is 4.79 Å². The number of nitrogens with zero attached hydrogens (tertiary/aromatic N) is 1. The predicted molar refractivity (Wildman–Crippen MR) is 65.6 cm³/mol. The Morgan fingerprint density at radius 2 is 2.11 bits per heavy atom. The molecule has 0 aliphatic carbocycles. The average Bonchev–Trinajstić information content (AvgIpc) is 2.42. The van der Waals surface area contributed by atoms with Crippen LogP contribution in [0.15, 0.2) is 0 Å². The lowest BCUT2D eigenvalue weighted by atomic mass is 10.2. The third kappa shape index (κ3) is 4.74. The van der Waals surface area contributed by atoms with Crippen molar-refractivity contribution in [3.05, 3.63) is 0 Å². The van der Waals surface area contributed by atoms with E-state index in [9.17, 15) is 14.4 Å². The minimum absolute atomic E-state index is 0.0369. The molecule has 1 fully saturated rings. The molecule has 1 unspecified atom stereocenters. The maximum Gasteiger partial charge on any atom is 0.328 e. The van der Waals surface area contributed by atoms with Crippen LogP contribution in [0.3, 0.4) is 0 Å². The molecule has 19 heavy (non-hydrogen) atoms. The van der Waals surface area contributed by atoms with Crippen LogP contribution in [0.25, 0.3) is 0 Å². The molecule has 1 saturated heterocycles. The number of nitrogens with one attached hydrogen (secondary N) is 2. The van der Waals surface area contributed by atoms with E-state index >= 15 is 0 Å². The Labute approximate surface area is 111 Å². The van der Waals surface area contributed by atoms with Gasteiger partial charge in [-0.1, -0.05) is 6.92 Å². The van der Waals surface area contributed by atoms with Gasteiger partial charge in [0.05, 0.1) is 19.8 Å². The molecule has 3 N–H and O–H groups in total. The molecule has 0 aromatic heterocycles. The van der Waals surface area contributed by atoms with Crippen molar-refractivity contribution >= 4 is 17.9 Å². The molecule has 8 heteroatoms. The molecular formula is C11H19N3O5. The third-order valence-corrected chi connectivity index (χ3v) is 2.65. The Hall–Kier alpha value is -1.83. The van der Waals surface area contributed by atoms with Gasteiger partial charge in [0.15, 0.2) is 6.04 Å². The van der Waals surface area contributed by atoms with Crippen molar-refractivity contribution in [3.63, 3.8) is 0 Å². The van der Waals surface area contributed by atoms with Gasteiger partial charge in [0.2, 0.25) is 5.91 Å². The van der Waals surface area contributed by atoms with Crippen LogP contribution in [-0.2, 0) is 14.3 Å². The summed E-state index contributed by atoms with van der Waals surface area (Å²) >= 11 is 0. The lowest BCUT2D eigenvalue weighted by Crippen LogP contribution is -2.56. The average molecular weight is 273 g/mol. The standard InChI is InChI=1S/C11H19N3O5/c1-2-3-12-9(15)6-13-11(18)14-4-5-19-7-8(14)10(16)17/h8H,2-7H2,1H3,(H,12,15)(H,13,18)(H,16,17). The van der Waals surface area contributed by atoms with Gasteiger partial charge in [-0.15, -0.1) is 0 Å². The second-order valence-corrected chi connectivity index (χ2v) is 4.13. The van der Waals surface area contributed by atoms with E-state index in [-0.39, 0.29) is 25.6 Å². The van der Waals surface area contributed by atoms with Crippen molar-refractivity contribution in [2.75, 3.05) is 32.8 Å². The summed E-state index contributed by atoms with van der Waals surface area (Å²) in [6.45, 7) is 2.75. The number of morpholine rings is 1. The van der Waals surface area contributed by atoms with Gasteiger partial charge >= 0.3 is 12.0 Å². The Kier molecular flexibility index (Phi) is 6.07. The minimum Gasteiger partial charge on any atom is -0.480 e. The van der Waals surface area contributed by atoms with E-state index in [0.717, 1.165) is 6.42 Å². The van der Waals surface area contributed by atoms with Crippen molar-refractivity contribution in [2.45, 2.75) is 19.4 Å². The number of ether oxygens (including phenoxy) is 1. The van der Waals surface area contributed by atoms with Gasteiger partial charge in [-0.3, -0.25) is 4.79 Å². The highest BCUT2D eigenvalue weighted by atomic mass is 16.5. The Morgan fingerprint density at radius 3 is 2.74 bits per heavy atom. The second-order valence-electron chi connectivity index (χ2n) is 4.13. The summed E-state index contributed by atoms with van der Waals surface area (Å²) in [5, 5.41) is 14.0. The van der Waals surface area contributed by atoms with Crippen LogP contribution in [0.5, 0.6) is 0 Å². The number of aliphatic carboxylic acids is 1. The molecule has 0 spiro atoms. The predicted octanol–water partition coefficient (Wildman–Crippen LogP) is -0.992. The van der Waals surface area contributed by atoms with Crippen LogP contribution in [0, 0.1) is 0 Å². The lowest BCUT2D eigenvalue weighted by molar-refractivity contribution is -0.147. The summed E-state index contributed by atoms with van der Waals surface area (Å²) in [5.41, 5.74) is 0. The summed E-state index contributed by atoms with van der Waals surface area (Å²) in [7, 11) is 0. The molecule has 1 heterocycles. The lowest BCUT2D eigenvalue weighted by Gasteiger charge is -2.32. The van der Waals surface area contributed by atoms with Gasteiger partial charge in [0.1, 0.15) is 0 Å². The summed E-state index contributed by atoms with van der Waals surface area (Å²) in [6.07, 6.45) is 0.810. The van der Waals surface area contributed by atoms with Gasteiger partial charge in [0.25, 0.3) is 0 Å². The number of carboxylic acids is 1. The van der Waals surface area contributed by atoms with Gasteiger partial charge < -0.3 is 25.4 Å². The largest absolute Gasteiger partial charge is 0.480 e. The van der Waals surface area contributed by atoms with Crippen LogP contribution in [0.1, 0.15) is 13.3 Å². The molecule has 3 amide bonds. The molecular weight excluding hydrogens is 254 g/mol. The van der Waals surface area contributed by atoms with E-state index in [0.29, 0.717) is 13.2 Å². The maximum absolute atomic E-state index is 11.8. The highest BCUT2D eigenvalue weighted by Gasteiger charge is 2.32. The first-order valence-electron chi connectivity index (χ1n) is 6.18. The molecule has 8 nitrogen and oxygen atoms in total. The number of carboxylic acid groups (broad SMARTS) is 1. The van der Waals surface area contributed by atoms with Gasteiger partial charge in [0, 0.05) is 13.1 Å². The number of hydrogen-bond acceptors (Lipinski definition) is 4. The molecule has 0 aromatic rings. The monoisotopic (exact) mass is 273 g/mol. The molecule has 1 aliphatic rings. The van der Waals surface area contributed by atoms with E-state index in [2.05, 4.69) is 10.6 Å². The number of rotatable bonds is 5. The maximum atomic E-state index is 11.8. The summed E-state index contributed by atoms with van der Waals surface area (Å²) in [5.74, 6) is -1.42. The first kappa shape index (κ1) is 15.2. The molecule has 1 rings (SSSR count). The first-order valence-corrected chi connectivity index (χ1v) is 6.18. The summed E-state index contributed by atoms with van der Waals surface area (Å²) in [4.78, 5) is 35.3. The highest BCUT2D eigenvalue weighted by Crippen LogP contribution is 2.07. The molecule has 0 saturated carbocycles. The Bertz CT molecular complexity index is 347. The minimum atomic E-state index is -1.12. The van der Waals surface area contributed by atoms with Crippen molar-refractivity contribution in [3.8, 4) is 0 Å². The summed E-state index contributed by atoms with van der Waals surface area (Å²) < 4.78 is 5.02. The van der Waals surface area contributed by atoms with Crippen molar-refractivity contribution in [1.29, 1.82) is 0 Å². The van der Waals surface area contributed by atoms with Crippen LogP contribution < -0.4 is 10.6 Å². The fourth-order valence-corrected chi connectivity index (χ4v) is 1.64.